The number of carbonyl (C=O) groups is 1. The number of aromatic nitrogens is 3. The molecule has 0 atom stereocenters. The number of rotatable bonds is 4. The largest absolute Gasteiger partial charge is 0.422 e. The van der Waals surface area contributed by atoms with Crippen molar-refractivity contribution in [3.63, 3.8) is 0 Å². The predicted octanol–water partition coefficient (Wildman–Crippen LogP) is 3.52. The third kappa shape index (κ3) is 4.98. The van der Waals surface area contributed by atoms with Crippen molar-refractivity contribution < 1.29 is 26.7 Å². The molecule has 1 radical (unpaired) electrons. The smallest absolute Gasteiger partial charge is 0.302 e. The van der Waals surface area contributed by atoms with Gasteiger partial charge in [0.1, 0.15) is 22.0 Å². The second-order valence-electron chi connectivity index (χ2n) is 7.19. The molecule has 0 aliphatic carbocycles. The molecule has 0 spiro atoms. The summed E-state index contributed by atoms with van der Waals surface area (Å²) in [6.07, 6.45) is -5.48. The molecule has 1 aromatic carbocycles. The SMILES string of the molecule is Cn1c(=O)c2c(CC(=O)Nc3nc(-c4ccc(F)c(C(F)(F)F)c4F)cs3)csc2n(C)c1=O.[Na]. The predicted molar refractivity (Wildman–Crippen MR) is 123 cm³/mol. The van der Waals surface area contributed by atoms with Crippen LogP contribution in [0.2, 0.25) is 0 Å². The fraction of sp³-hybridized carbons (Fsp3) is 0.200. The van der Waals surface area contributed by atoms with Gasteiger partial charge in [0.2, 0.25) is 5.91 Å². The van der Waals surface area contributed by atoms with Crippen LogP contribution >= 0.6 is 22.7 Å². The molecule has 3 heterocycles. The molecule has 4 rings (SSSR count). The maximum absolute atomic E-state index is 14.4. The maximum atomic E-state index is 14.4. The second-order valence-corrected chi connectivity index (χ2v) is 8.91. The molecular formula is C20H13F5N4NaO3S2. The Morgan fingerprint density at radius 2 is 1.77 bits per heavy atom. The fourth-order valence-corrected chi connectivity index (χ4v) is 5.11. The van der Waals surface area contributed by atoms with E-state index in [9.17, 15) is 36.3 Å². The molecule has 1 amide bonds. The second kappa shape index (κ2) is 9.93. The van der Waals surface area contributed by atoms with E-state index >= 15 is 0 Å². The molecule has 0 aliphatic rings. The topological polar surface area (TPSA) is 86.0 Å². The monoisotopic (exact) mass is 539 g/mol. The Morgan fingerprint density at radius 1 is 1.09 bits per heavy atom. The Balaban J connectivity index is 0.00000342. The Labute approximate surface area is 223 Å². The van der Waals surface area contributed by atoms with Crippen LogP contribution in [-0.4, -0.2) is 49.6 Å². The summed E-state index contributed by atoms with van der Waals surface area (Å²) in [6.45, 7) is 0. The van der Waals surface area contributed by atoms with E-state index in [1.54, 1.807) is 5.38 Å². The molecule has 1 N–H and O–H groups in total. The number of amides is 1. The molecule has 179 valence electrons. The Bertz CT molecular complexity index is 1570. The van der Waals surface area contributed by atoms with Crippen molar-refractivity contribution in [3.8, 4) is 11.3 Å². The minimum absolute atomic E-state index is 0. The zero-order valence-corrected chi connectivity index (χ0v) is 21.9. The van der Waals surface area contributed by atoms with Crippen LogP contribution in [0.1, 0.15) is 11.1 Å². The van der Waals surface area contributed by atoms with Crippen LogP contribution in [0.4, 0.5) is 27.1 Å². The summed E-state index contributed by atoms with van der Waals surface area (Å²) in [5.74, 6) is -4.14. The van der Waals surface area contributed by atoms with Gasteiger partial charge < -0.3 is 5.32 Å². The van der Waals surface area contributed by atoms with Crippen molar-refractivity contribution in [2.24, 2.45) is 14.1 Å². The van der Waals surface area contributed by atoms with Crippen molar-refractivity contribution in [1.29, 1.82) is 0 Å². The van der Waals surface area contributed by atoms with E-state index in [0.29, 0.717) is 16.5 Å². The van der Waals surface area contributed by atoms with Crippen molar-refractivity contribution in [2.45, 2.75) is 12.6 Å². The molecule has 0 saturated carbocycles. The van der Waals surface area contributed by atoms with Crippen molar-refractivity contribution in [3.05, 3.63) is 66.5 Å². The number of thiophene rings is 1. The molecule has 7 nitrogen and oxygen atoms in total. The van der Waals surface area contributed by atoms with Crippen molar-refractivity contribution in [1.82, 2.24) is 14.1 Å². The van der Waals surface area contributed by atoms with E-state index in [-0.39, 0.29) is 52.2 Å². The van der Waals surface area contributed by atoms with Crippen LogP contribution in [-0.2, 0) is 31.5 Å². The van der Waals surface area contributed by atoms with E-state index in [2.05, 4.69) is 10.3 Å². The molecule has 0 aliphatic heterocycles. The third-order valence-electron chi connectivity index (χ3n) is 5.00. The maximum Gasteiger partial charge on any atom is 0.422 e. The van der Waals surface area contributed by atoms with E-state index < -0.39 is 46.1 Å². The Hall–Kier alpha value is -2.39. The fourth-order valence-electron chi connectivity index (χ4n) is 3.36. The molecule has 15 heteroatoms. The van der Waals surface area contributed by atoms with Crippen LogP contribution in [0.15, 0.2) is 32.5 Å². The standard InChI is InChI=1S/C20H13F5N4O3S2.Na/c1-28-16(31)13-8(6-33-17(13)29(2)19(28)32)5-12(30)27-18-26-11(7-34-18)9-3-4-10(21)14(15(9)22)20(23,24)25;/h3-4,6-7H,5H2,1-2H3,(H,26,27,30);. The van der Waals surface area contributed by atoms with Gasteiger partial charge in [-0.25, -0.2) is 18.6 Å². The van der Waals surface area contributed by atoms with Crippen LogP contribution in [0, 0.1) is 11.6 Å². The minimum Gasteiger partial charge on any atom is -0.302 e. The first-order valence-electron chi connectivity index (χ1n) is 9.37. The number of halogens is 5. The molecule has 35 heavy (non-hydrogen) atoms. The number of benzene rings is 1. The van der Waals surface area contributed by atoms with E-state index in [4.69, 9.17) is 0 Å². The quantitative estimate of drug-likeness (QED) is 0.318. The first-order chi connectivity index (χ1) is 15.9. The number of anilines is 1. The van der Waals surface area contributed by atoms with Gasteiger partial charge in [-0.2, -0.15) is 13.2 Å². The molecule has 4 aromatic rings. The zero-order chi connectivity index (χ0) is 24.9. The zero-order valence-electron chi connectivity index (χ0n) is 18.3. The van der Waals surface area contributed by atoms with Crippen molar-refractivity contribution >= 4 is 73.5 Å². The first kappa shape index (κ1) is 27.2. The van der Waals surface area contributed by atoms with Crippen LogP contribution in [0.25, 0.3) is 21.5 Å². The normalized spacial score (nSPS) is 11.5. The summed E-state index contributed by atoms with van der Waals surface area (Å²) in [4.78, 5) is 41.4. The van der Waals surface area contributed by atoms with Gasteiger partial charge in [0, 0.05) is 54.6 Å². The van der Waals surface area contributed by atoms with Gasteiger partial charge >= 0.3 is 11.9 Å². The van der Waals surface area contributed by atoms with Gasteiger partial charge in [-0.05, 0) is 23.1 Å². The average Bonchev–Trinajstić information content (AvgIpc) is 3.37. The number of aryl methyl sites for hydroxylation is 1. The number of alkyl halides is 3. The van der Waals surface area contributed by atoms with E-state index in [0.717, 1.165) is 33.3 Å². The average molecular weight is 539 g/mol. The van der Waals surface area contributed by atoms with E-state index in [1.165, 1.54) is 24.0 Å². The van der Waals surface area contributed by atoms with Gasteiger partial charge in [0.25, 0.3) is 5.56 Å². The number of hydrogen-bond acceptors (Lipinski definition) is 6. The molecule has 0 saturated heterocycles. The number of fused-ring (bicyclic) bond motifs is 1. The van der Waals surface area contributed by atoms with Crippen molar-refractivity contribution in [2.75, 3.05) is 5.32 Å². The van der Waals surface area contributed by atoms with Gasteiger partial charge in [0.15, 0.2) is 5.13 Å². The van der Waals surface area contributed by atoms with Crippen LogP contribution in [0.5, 0.6) is 0 Å². The van der Waals surface area contributed by atoms with Gasteiger partial charge in [0.05, 0.1) is 17.5 Å². The number of thiazole rings is 1. The molecule has 0 unspecified atom stereocenters. The molecule has 0 bridgehead atoms. The summed E-state index contributed by atoms with van der Waals surface area (Å²) < 4.78 is 69.1. The summed E-state index contributed by atoms with van der Waals surface area (Å²) in [5, 5.41) is 5.43. The summed E-state index contributed by atoms with van der Waals surface area (Å²) in [6, 6.07) is 1.33. The van der Waals surface area contributed by atoms with Gasteiger partial charge in [-0.15, -0.1) is 22.7 Å². The summed E-state index contributed by atoms with van der Waals surface area (Å²) in [5.41, 5.74) is -3.49. The summed E-state index contributed by atoms with van der Waals surface area (Å²) >= 11 is 1.96. The third-order valence-corrected chi connectivity index (χ3v) is 6.86. The molecule has 3 aromatic heterocycles. The first-order valence-corrected chi connectivity index (χ1v) is 11.1. The number of carbonyl (C=O) groups excluding carboxylic acids is 1. The number of nitrogens with zero attached hydrogens (tertiary/aromatic N) is 3. The van der Waals surface area contributed by atoms with Gasteiger partial charge in [-0.1, -0.05) is 0 Å². The number of hydrogen-bond donors (Lipinski definition) is 1. The number of nitrogens with one attached hydrogen (secondary N) is 1. The minimum atomic E-state index is -5.24. The Morgan fingerprint density at radius 3 is 2.43 bits per heavy atom. The van der Waals surface area contributed by atoms with E-state index in [1.807, 2.05) is 0 Å². The van der Waals surface area contributed by atoms with Gasteiger partial charge in [-0.3, -0.25) is 18.7 Å². The summed E-state index contributed by atoms with van der Waals surface area (Å²) in [7, 11) is 2.82. The molecular weight excluding hydrogens is 526 g/mol. The molecule has 0 fully saturated rings. The van der Waals surface area contributed by atoms with Crippen LogP contribution < -0.4 is 16.6 Å². The Kier molecular flexibility index (Phi) is 7.72. The van der Waals surface area contributed by atoms with Crippen LogP contribution in [0.3, 0.4) is 0 Å².